The van der Waals surface area contributed by atoms with Crippen LogP contribution in [-0.2, 0) is 12.8 Å². The Morgan fingerprint density at radius 3 is 2.90 bits per heavy atom. The van der Waals surface area contributed by atoms with E-state index in [1.165, 1.54) is 0 Å². The molecule has 0 unspecified atom stereocenters. The first kappa shape index (κ1) is 7.47. The lowest BCUT2D eigenvalue weighted by Gasteiger charge is -1.95. The zero-order chi connectivity index (χ0) is 7.56. The Morgan fingerprint density at radius 1 is 1.80 bits per heavy atom. The molecule has 0 aromatic carbocycles. The molecular formula is C6H10N2OS. The van der Waals surface area contributed by atoms with Gasteiger partial charge >= 0.3 is 0 Å². The number of aromatic nitrogens is 2. The van der Waals surface area contributed by atoms with E-state index < -0.39 is 0 Å². The van der Waals surface area contributed by atoms with Crippen LogP contribution in [0.4, 0.5) is 0 Å². The molecular weight excluding hydrogens is 148 g/mol. The van der Waals surface area contributed by atoms with Crippen LogP contribution >= 0.6 is 11.8 Å². The topological polar surface area (TPSA) is 38.1 Å². The maximum atomic E-state index is 8.92. The number of rotatable bonds is 2. The number of thioether (sulfide) groups is 1. The maximum Gasteiger partial charge on any atom is 0.229 e. The fourth-order valence-electron chi connectivity index (χ4n) is 0.751. The number of aromatic hydroxyl groups is 1. The summed E-state index contributed by atoms with van der Waals surface area (Å²) in [6, 6.07) is 0. The average molecular weight is 158 g/mol. The van der Waals surface area contributed by atoms with Crippen molar-refractivity contribution >= 4 is 11.8 Å². The van der Waals surface area contributed by atoms with Crippen LogP contribution in [-0.4, -0.2) is 20.9 Å². The standard InChI is InChI=1S/C6H10N2OS/c1-8-3-6(9)7-5(8)4-10-2/h3,9H,4H2,1-2H3. The molecule has 10 heavy (non-hydrogen) atoms. The molecule has 0 spiro atoms. The molecule has 1 aromatic rings. The predicted octanol–water partition coefficient (Wildman–Crippen LogP) is 0.989. The molecule has 0 saturated heterocycles. The molecule has 1 rings (SSSR count). The van der Waals surface area contributed by atoms with E-state index in [-0.39, 0.29) is 5.88 Å². The summed E-state index contributed by atoms with van der Waals surface area (Å²) >= 11 is 1.69. The molecule has 0 atom stereocenters. The molecule has 0 amide bonds. The molecule has 3 nitrogen and oxygen atoms in total. The van der Waals surface area contributed by atoms with Crippen molar-refractivity contribution in [3.8, 4) is 5.88 Å². The summed E-state index contributed by atoms with van der Waals surface area (Å²) in [5.41, 5.74) is 0. The summed E-state index contributed by atoms with van der Waals surface area (Å²) in [5, 5.41) is 8.92. The molecule has 0 aliphatic carbocycles. The highest BCUT2D eigenvalue weighted by Crippen LogP contribution is 2.11. The Kier molecular flexibility index (Phi) is 2.21. The number of nitrogens with zero attached hydrogens (tertiary/aromatic N) is 2. The second-order valence-electron chi connectivity index (χ2n) is 2.06. The number of hydrogen-bond acceptors (Lipinski definition) is 3. The van der Waals surface area contributed by atoms with Crippen molar-refractivity contribution in [2.45, 2.75) is 5.75 Å². The minimum Gasteiger partial charge on any atom is -0.492 e. The van der Waals surface area contributed by atoms with Crippen LogP contribution in [0.1, 0.15) is 5.82 Å². The van der Waals surface area contributed by atoms with Crippen LogP contribution < -0.4 is 0 Å². The Labute approximate surface area is 64.1 Å². The van der Waals surface area contributed by atoms with Crippen molar-refractivity contribution in [2.75, 3.05) is 6.26 Å². The molecule has 0 radical (unpaired) electrons. The van der Waals surface area contributed by atoms with Gasteiger partial charge in [-0.1, -0.05) is 0 Å². The molecule has 1 aromatic heterocycles. The van der Waals surface area contributed by atoms with Gasteiger partial charge in [-0.05, 0) is 6.26 Å². The molecule has 0 bridgehead atoms. The van der Waals surface area contributed by atoms with E-state index in [0.717, 1.165) is 11.6 Å². The van der Waals surface area contributed by atoms with Crippen molar-refractivity contribution in [1.82, 2.24) is 9.55 Å². The van der Waals surface area contributed by atoms with Crippen molar-refractivity contribution in [3.63, 3.8) is 0 Å². The minimum absolute atomic E-state index is 0.103. The molecule has 4 heteroatoms. The maximum absolute atomic E-state index is 8.92. The fraction of sp³-hybridized carbons (Fsp3) is 0.500. The molecule has 1 N–H and O–H groups in total. The first-order valence-corrected chi connectivity index (χ1v) is 4.33. The van der Waals surface area contributed by atoms with Gasteiger partial charge in [-0.2, -0.15) is 16.7 Å². The summed E-state index contributed by atoms with van der Waals surface area (Å²) in [7, 11) is 1.87. The first-order valence-electron chi connectivity index (χ1n) is 2.94. The van der Waals surface area contributed by atoms with Crippen LogP contribution in [0.3, 0.4) is 0 Å². The molecule has 56 valence electrons. The van der Waals surface area contributed by atoms with Crippen LogP contribution in [0, 0.1) is 0 Å². The van der Waals surface area contributed by atoms with Gasteiger partial charge in [-0.15, -0.1) is 0 Å². The van der Waals surface area contributed by atoms with Gasteiger partial charge in [-0.3, -0.25) is 0 Å². The molecule has 0 aliphatic heterocycles. The number of aryl methyl sites for hydroxylation is 1. The van der Waals surface area contributed by atoms with Crippen molar-refractivity contribution < 1.29 is 5.11 Å². The third kappa shape index (κ3) is 1.44. The SMILES string of the molecule is CSCc1nc(O)cn1C. The van der Waals surface area contributed by atoms with E-state index in [1.807, 2.05) is 17.9 Å². The van der Waals surface area contributed by atoms with Gasteiger partial charge in [0.25, 0.3) is 0 Å². The van der Waals surface area contributed by atoms with Gasteiger partial charge < -0.3 is 9.67 Å². The molecule has 0 aliphatic rings. The number of hydrogen-bond donors (Lipinski definition) is 1. The van der Waals surface area contributed by atoms with Crippen molar-refractivity contribution in [2.24, 2.45) is 7.05 Å². The second kappa shape index (κ2) is 2.96. The van der Waals surface area contributed by atoms with Gasteiger partial charge in [0, 0.05) is 7.05 Å². The van der Waals surface area contributed by atoms with Gasteiger partial charge in [0.05, 0.1) is 11.9 Å². The third-order valence-electron chi connectivity index (χ3n) is 1.23. The van der Waals surface area contributed by atoms with Crippen LogP contribution in [0.5, 0.6) is 5.88 Å². The smallest absolute Gasteiger partial charge is 0.229 e. The summed E-state index contributed by atoms with van der Waals surface area (Å²) < 4.78 is 1.83. The normalized spacial score (nSPS) is 10.2. The summed E-state index contributed by atoms with van der Waals surface area (Å²) in [6.45, 7) is 0. The molecule has 1 heterocycles. The highest BCUT2D eigenvalue weighted by molar-refractivity contribution is 7.97. The zero-order valence-corrected chi connectivity index (χ0v) is 6.85. The van der Waals surface area contributed by atoms with Crippen LogP contribution in [0.25, 0.3) is 0 Å². The molecule has 0 saturated carbocycles. The average Bonchev–Trinajstić information content (AvgIpc) is 2.13. The Hall–Kier alpha value is -0.640. The van der Waals surface area contributed by atoms with Gasteiger partial charge in [0.2, 0.25) is 5.88 Å². The van der Waals surface area contributed by atoms with E-state index in [4.69, 9.17) is 5.11 Å². The summed E-state index contributed by atoms with van der Waals surface area (Å²) in [5.74, 6) is 1.86. The number of imidazole rings is 1. The monoisotopic (exact) mass is 158 g/mol. The lowest BCUT2D eigenvalue weighted by molar-refractivity contribution is 0.455. The highest BCUT2D eigenvalue weighted by Gasteiger charge is 2.00. The van der Waals surface area contributed by atoms with Crippen LogP contribution in [0.15, 0.2) is 6.20 Å². The van der Waals surface area contributed by atoms with E-state index in [9.17, 15) is 0 Å². The van der Waals surface area contributed by atoms with Gasteiger partial charge in [0.15, 0.2) is 0 Å². The predicted molar refractivity (Wildman–Crippen MR) is 42.1 cm³/mol. The minimum atomic E-state index is 0.103. The first-order chi connectivity index (χ1) is 4.74. The van der Waals surface area contributed by atoms with Crippen LogP contribution in [0.2, 0.25) is 0 Å². The van der Waals surface area contributed by atoms with E-state index in [2.05, 4.69) is 4.98 Å². The summed E-state index contributed by atoms with van der Waals surface area (Å²) in [6.07, 6.45) is 3.61. The summed E-state index contributed by atoms with van der Waals surface area (Å²) in [4.78, 5) is 3.90. The van der Waals surface area contributed by atoms with E-state index in [1.54, 1.807) is 18.0 Å². The second-order valence-corrected chi connectivity index (χ2v) is 2.93. The third-order valence-corrected chi connectivity index (χ3v) is 1.78. The zero-order valence-electron chi connectivity index (χ0n) is 6.03. The largest absolute Gasteiger partial charge is 0.492 e. The fourth-order valence-corrected chi connectivity index (χ4v) is 1.28. The van der Waals surface area contributed by atoms with Crippen molar-refractivity contribution in [1.29, 1.82) is 0 Å². The van der Waals surface area contributed by atoms with E-state index in [0.29, 0.717) is 0 Å². The highest BCUT2D eigenvalue weighted by atomic mass is 32.2. The van der Waals surface area contributed by atoms with Gasteiger partial charge in [0.1, 0.15) is 5.82 Å². The quantitative estimate of drug-likeness (QED) is 0.697. The Balaban J connectivity index is 2.81. The Morgan fingerprint density at radius 2 is 2.50 bits per heavy atom. The Bertz CT molecular complexity index is 222. The van der Waals surface area contributed by atoms with E-state index >= 15 is 0 Å². The lowest BCUT2D eigenvalue weighted by Crippen LogP contribution is -1.93. The molecule has 0 fully saturated rings. The lowest BCUT2D eigenvalue weighted by atomic mass is 10.7. The van der Waals surface area contributed by atoms with Crippen molar-refractivity contribution in [3.05, 3.63) is 12.0 Å². The van der Waals surface area contributed by atoms with Gasteiger partial charge in [-0.25, -0.2) is 0 Å².